The van der Waals surface area contributed by atoms with Crippen LogP contribution in [0.1, 0.15) is 5.56 Å². The van der Waals surface area contributed by atoms with Crippen molar-refractivity contribution in [3.63, 3.8) is 0 Å². The van der Waals surface area contributed by atoms with Crippen molar-refractivity contribution in [1.29, 1.82) is 0 Å². The summed E-state index contributed by atoms with van der Waals surface area (Å²) < 4.78 is 41.8. The number of hydrogen-bond acceptors (Lipinski definition) is 4. The molecule has 1 aromatic carbocycles. The fourth-order valence-electron chi connectivity index (χ4n) is 2.57. The normalized spacial score (nSPS) is 11.0. The summed E-state index contributed by atoms with van der Waals surface area (Å²) in [7, 11) is 0. The third kappa shape index (κ3) is 3.21. The molecule has 1 N–H and O–H groups in total. The Morgan fingerprint density at radius 3 is 2.46 bits per heavy atom. The van der Waals surface area contributed by atoms with E-state index < -0.39 is 17.5 Å². The van der Waals surface area contributed by atoms with E-state index >= 15 is 0 Å². The van der Waals surface area contributed by atoms with Crippen molar-refractivity contribution in [2.75, 3.05) is 5.32 Å². The van der Waals surface area contributed by atoms with Crippen LogP contribution in [-0.4, -0.2) is 19.7 Å². The van der Waals surface area contributed by atoms with E-state index in [1.165, 1.54) is 12.1 Å². The van der Waals surface area contributed by atoms with Crippen LogP contribution in [0.5, 0.6) is 0 Å². The van der Waals surface area contributed by atoms with E-state index in [-0.39, 0.29) is 12.1 Å². The average Bonchev–Trinajstić information content (AvgIpc) is 3.02. The van der Waals surface area contributed by atoms with Crippen LogP contribution in [0.3, 0.4) is 0 Å². The number of fused-ring (bicyclic) bond motifs is 1. The predicted molar refractivity (Wildman–Crippen MR) is 90.5 cm³/mol. The van der Waals surface area contributed by atoms with Gasteiger partial charge in [0.15, 0.2) is 0 Å². The lowest BCUT2D eigenvalue weighted by molar-refractivity contribution is 0.570. The fourth-order valence-corrected chi connectivity index (χ4v) is 2.57. The Morgan fingerprint density at radius 1 is 0.846 bits per heavy atom. The number of nitrogens with one attached hydrogen (secondary N) is 1. The topological polar surface area (TPSA) is 55.6 Å². The second-order valence-electron chi connectivity index (χ2n) is 5.65. The third-order valence-electron chi connectivity index (χ3n) is 3.84. The molecule has 130 valence electrons. The number of benzene rings is 1. The molecule has 0 aliphatic heterocycles. The largest absolute Gasteiger partial charge is 0.325 e. The minimum Gasteiger partial charge on any atom is -0.325 e. The maximum Gasteiger partial charge on any atom is 0.141 e. The molecule has 3 aromatic heterocycles. The maximum absolute atomic E-state index is 13.9. The lowest BCUT2D eigenvalue weighted by atomic mass is 10.2. The molecule has 0 aliphatic carbocycles. The van der Waals surface area contributed by atoms with Crippen molar-refractivity contribution in [1.82, 2.24) is 19.7 Å². The summed E-state index contributed by atoms with van der Waals surface area (Å²) in [6.45, 7) is 0.0747. The minimum absolute atomic E-state index is 0.0747. The molecule has 5 nitrogen and oxygen atoms in total. The summed E-state index contributed by atoms with van der Waals surface area (Å²) >= 11 is 0. The fraction of sp³-hybridized carbons (Fsp3) is 0.0556. The van der Waals surface area contributed by atoms with Crippen LogP contribution in [0, 0.1) is 17.5 Å². The first-order valence-electron chi connectivity index (χ1n) is 7.72. The Kier molecular flexibility index (Phi) is 4.00. The molecule has 4 rings (SSSR count). The van der Waals surface area contributed by atoms with Gasteiger partial charge in [0, 0.05) is 23.2 Å². The van der Waals surface area contributed by atoms with E-state index in [0.717, 1.165) is 29.8 Å². The first-order chi connectivity index (χ1) is 12.6. The van der Waals surface area contributed by atoms with Gasteiger partial charge in [-0.05, 0) is 30.3 Å². The first kappa shape index (κ1) is 16.1. The van der Waals surface area contributed by atoms with Gasteiger partial charge in [-0.25, -0.2) is 23.1 Å². The molecule has 0 saturated carbocycles. The second-order valence-corrected chi connectivity index (χ2v) is 5.65. The van der Waals surface area contributed by atoms with Crippen molar-refractivity contribution < 1.29 is 13.2 Å². The molecule has 3 heterocycles. The number of aromatic nitrogens is 4. The zero-order valence-electron chi connectivity index (χ0n) is 13.3. The molecule has 0 unspecified atom stereocenters. The van der Waals surface area contributed by atoms with Gasteiger partial charge in [-0.15, -0.1) is 0 Å². The number of pyridine rings is 2. The highest BCUT2D eigenvalue weighted by molar-refractivity contribution is 5.80. The maximum atomic E-state index is 13.9. The van der Waals surface area contributed by atoms with Crippen molar-refractivity contribution in [3.05, 3.63) is 78.0 Å². The van der Waals surface area contributed by atoms with Crippen molar-refractivity contribution in [3.8, 4) is 0 Å². The van der Waals surface area contributed by atoms with Gasteiger partial charge in [-0.1, -0.05) is 0 Å². The number of rotatable bonds is 4. The van der Waals surface area contributed by atoms with Gasteiger partial charge in [-0.2, -0.15) is 5.10 Å². The van der Waals surface area contributed by atoms with E-state index in [4.69, 9.17) is 0 Å². The van der Waals surface area contributed by atoms with Crippen molar-refractivity contribution in [2.45, 2.75) is 6.54 Å². The Labute approximate surface area is 146 Å². The molecule has 0 amide bonds. The molecule has 8 heteroatoms. The van der Waals surface area contributed by atoms with Crippen LogP contribution in [0.25, 0.3) is 10.9 Å². The second kappa shape index (κ2) is 6.47. The molecule has 0 bridgehead atoms. The molecular formula is C18H12F3N5. The molecule has 0 radical (unpaired) electrons. The lowest BCUT2D eigenvalue weighted by Crippen LogP contribution is -2.04. The van der Waals surface area contributed by atoms with Gasteiger partial charge in [0.1, 0.15) is 29.1 Å². The standard InChI is InChI=1S/C18H12F3N5/c19-13-1-3-15(21)11(5-13)10-26-16-6-18(22-7-12(16)8-24-26)25-17-4-2-14(20)9-23-17/h1-9H,10H2,(H,22,23,25). The van der Waals surface area contributed by atoms with Crippen molar-refractivity contribution >= 4 is 22.5 Å². The van der Waals surface area contributed by atoms with Crippen molar-refractivity contribution in [2.24, 2.45) is 0 Å². The summed E-state index contributed by atoms with van der Waals surface area (Å²) in [5.74, 6) is -0.546. The van der Waals surface area contributed by atoms with E-state index in [0.29, 0.717) is 17.2 Å². The monoisotopic (exact) mass is 355 g/mol. The zero-order valence-corrected chi connectivity index (χ0v) is 13.3. The highest BCUT2D eigenvalue weighted by Gasteiger charge is 2.10. The Morgan fingerprint density at radius 2 is 1.65 bits per heavy atom. The molecule has 0 fully saturated rings. The van der Waals surface area contributed by atoms with E-state index in [1.807, 2.05) is 0 Å². The molecule has 0 atom stereocenters. The van der Waals surface area contributed by atoms with Crippen LogP contribution in [0.4, 0.5) is 24.8 Å². The Balaban J connectivity index is 1.66. The summed E-state index contributed by atoms with van der Waals surface area (Å²) in [5, 5.41) is 7.93. The van der Waals surface area contributed by atoms with E-state index in [2.05, 4.69) is 20.4 Å². The van der Waals surface area contributed by atoms with Gasteiger partial charge in [0.25, 0.3) is 0 Å². The zero-order chi connectivity index (χ0) is 18.1. The lowest BCUT2D eigenvalue weighted by Gasteiger charge is -2.08. The van der Waals surface area contributed by atoms with Gasteiger partial charge >= 0.3 is 0 Å². The van der Waals surface area contributed by atoms with Crippen LogP contribution >= 0.6 is 0 Å². The van der Waals surface area contributed by atoms with E-state index in [9.17, 15) is 13.2 Å². The number of halogens is 3. The Bertz CT molecular complexity index is 1080. The average molecular weight is 355 g/mol. The Hall–Kier alpha value is -3.42. The molecule has 0 saturated heterocycles. The van der Waals surface area contributed by atoms with E-state index in [1.54, 1.807) is 23.1 Å². The van der Waals surface area contributed by atoms with Crippen LogP contribution in [0.2, 0.25) is 0 Å². The van der Waals surface area contributed by atoms with Gasteiger partial charge in [-0.3, -0.25) is 4.68 Å². The summed E-state index contributed by atoms with van der Waals surface area (Å²) in [6, 6.07) is 7.79. The number of nitrogens with zero attached hydrogens (tertiary/aromatic N) is 4. The van der Waals surface area contributed by atoms with Crippen LogP contribution < -0.4 is 5.32 Å². The van der Waals surface area contributed by atoms with Crippen LogP contribution in [-0.2, 0) is 6.54 Å². The number of hydrogen-bond donors (Lipinski definition) is 1. The smallest absolute Gasteiger partial charge is 0.141 e. The van der Waals surface area contributed by atoms with Gasteiger partial charge < -0.3 is 5.32 Å². The molecule has 26 heavy (non-hydrogen) atoms. The molecule has 0 aliphatic rings. The highest BCUT2D eigenvalue weighted by atomic mass is 19.1. The predicted octanol–water partition coefficient (Wildman–Crippen LogP) is 4.04. The van der Waals surface area contributed by atoms with Gasteiger partial charge in [0.2, 0.25) is 0 Å². The number of anilines is 2. The molecule has 0 spiro atoms. The third-order valence-corrected chi connectivity index (χ3v) is 3.84. The first-order valence-corrected chi connectivity index (χ1v) is 7.72. The summed E-state index contributed by atoms with van der Waals surface area (Å²) in [6.07, 6.45) is 4.30. The van der Waals surface area contributed by atoms with Crippen LogP contribution in [0.15, 0.2) is 55.0 Å². The highest BCUT2D eigenvalue weighted by Crippen LogP contribution is 2.21. The SMILES string of the molecule is Fc1ccc(Nc2cc3c(cn2)cnn3Cc2cc(F)ccc2F)nc1. The van der Waals surface area contributed by atoms with Gasteiger partial charge in [0.05, 0.1) is 24.5 Å². The summed E-state index contributed by atoms with van der Waals surface area (Å²) in [4.78, 5) is 8.16. The quantitative estimate of drug-likeness (QED) is 0.600. The minimum atomic E-state index is -0.510. The molecular weight excluding hydrogens is 343 g/mol. The summed E-state index contributed by atoms with van der Waals surface area (Å²) in [5.41, 5.74) is 0.884. The molecule has 4 aromatic rings.